The Morgan fingerprint density at radius 3 is 1.88 bits per heavy atom. The highest BCUT2D eigenvalue weighted by molar-refractivity contribution is 15.0. The third-order valence-corrected chi connectivity index (χ3v) is 4.67. The summed E-state index contributed by atoms with van der Waals surface area (Å²) in [5, 5.41) is 2.53. The molecular formula is C26H35I2N3O2. The van der Waals surface area contributed by atoms with Crippen molar-refractivity contribution in [3.05, 3.63) is 70.3 Å². The second kappa shape index (κ2) is 16.0. The molecule has 180 valence electrons. The summed E-state index contributed by atoms with van der Waals surface area (Å²) in [6.07, 6.45) is 1.59. The van der Waals surface area contributed by atoms with E-state index >= 15 is 0 Å². The van der Waals surface area contributed by atoms with Crippen LogP contribution in [0.25, 0.3) is 0 Å². The highest BCUT2D eigenvalue weighted by Crippen LogP contribution is 2.31. The summed E-state index contributed by atoms with van der Waals surface area (Å²) in [5.41, 5.74) is 6.00. The summed E-state index contributed by atoms with van der Waals surface area (Å²) in [6, 6.07) is 11.4. The number of ketones is 1. The third-order valence-electron chi connectivity index (χ3n) is 4.67. The second-order valence-electron chi connectivity index (χ2n) is 6.83. The lowest BCUT2D eigenvalue weighted by Crippen LogP contribution is -2.29. The first-order valence-corrected chi connectivity index (χ1v) is 17.2. The zero-order chi connectivity index (χ0) is 25.7. The maximum Gasteiger partial charge on any atom is 0.255 e. The maximum atomic E-state index is 12.7. The summed E-state index contributed by atoms with van der Waals surface area (Å²) in [5.74, 6) is -0.682. The van der Waals surface area contributed by atoms with Crippen LogP contribution in [-0.4, -0.2) is 38.5 Å². The molecule has 3 rings (SSSR count). The van der Waals surface area contributed by atoms with Crippen LogP contribution in [0.5, 0.6) is 0 Å². The van der Waals surface area contributed by atoms with Gasteiger partial charge in [0.15, 0.2) is 5.78 Å². The highest BCUT2D eigenvalue weighted by atomic mass is 128. The van der Waals surface area contributed by atoms with Gasteiger partial charge >= 0.3 is 0 Å². The number of Topliss-reactive ketones (excluding diaryl/α,β-unsaturated/α-hetero) is 1. The first-order valence-electron chi connectivity index (χ1n) is 10.9. The van der Waals surface area contributed by atoms with Gasteiger partial charge in [0.25, 0.3) is 5.91 Å². The summed E-state index contributed by atoms with van der Waals surface area (Å²) >= 11 is 4.24. The predicted octanol–water partition coefficient (Wildman–Crippen LogP) is 7.18. The molecule has 0 spiro atoms. The van der Waals surface area contributed by atoms with E-state index in [1.165, 1.54) is 7.05 Å². The Bertz CT molecular complexity index is 989. The van der Waals surface area contributed by atoms with E-state index in [1.54, 1.807) is 18.2 Å². The van der Waals surface area contributed by atoms with Crippen molar-refractivity contribution in [1.82, 2.24) is 5.32 Å². The molecule has 1 aliphatic rings. The largest absolute Gasteiger partial charge is 0.378 e. The molecule has 1 amide bonds. The fourth-order valence-corrected chi connectivity index (χ4v) is 3.21. The first-order chi connectivity index (χ1) is 15.8. The number of likely N-dealkylation sites (N-methyl/N-ethyl adjacent to an activating group) is 1. The van der Waals surface area contributed by atoms with Gasteiger partial charge in [0.1, 0.15) is 0 Å². The molecule has 0 fully saturated rings. The molecule has 0 aliphatic heterocycles. The highest BCUT2D eigenvalue weighted by Gasteiger charge is 2.28. The van der Waals surface area contributed by atoms with Crippen molar-refractivity contribution >= 4 is 66.0 Å². The van der Waals surface area contributed by atoms with Gasteiger partial charge in [-0.15, -0.1) is 0 Å². The normalized spacial score (nSPS) is 12.5. The van der Waals surface area contributed by atoms with Crippen LogP contribution in [0.4, 0.5) is 11.4 Å². The minimum absolute atomic E-state index is 0.107. The zero-order valence-electron chi connectivity index (χ0n) is 21.0. The third kappa shape index (κ3) is 7.91. The summed E-state index contributed by atoms with van der Waals surface area (Å²) in [6.45, 7) is 12.0. The summed E-state index contributed by atoms with van der Waals surface area (Å²) in [4.78, 5) is 31.8. The number of hydrogen-bond acceptors (Lipinski definition) is 4. The quantitative estimate of drug-likeness (QED) is 0.277. The molecule has 2 aromatic rings. The number of carbonyl (C=O) groups is 2. The number of halogens is 2. The van der Waals surface area contributed by atoms with Gasteiger partial charge in [-0.3, -0.25) is 9.59 Å². The number of fused-ring (bicyclic) bond motifs is 1. The van der Waals surface area contributed by atoms with E-state index in [0.29, 0.717) is 11.3 Å². The lowest BCUT2D eigenvalue weighted by atomic mass is 9.88. The van der Waals surface area contributed by atoms with Crippen molar-refractivity contribution in [3.8, 4) is 0 Å². The van der Waals surface area contributed by atoms with Crippen LogP contribution in [0.2, 0.25) is 0 Å². The van der Waals surface area contributed by atoms with E-state index in [1.807, 2.05) is 67.8 Å². The molecule has 0 heterocycles. The molecule has 0 bridgehead atoms. The SMILES string of the molecule is CC.CC.CNC(=O)C1=CC(=Nc2c(C)cc(N(C)C)cc2C)c2ccccc2C1=O.II. The topological polar surface area (TPSA) is 61.8 Å². The van der Waals surface area contributed by atoms with E-state index in [2.05, 4.69) is 59.6 Å². The second-order valence-corrected chi connectivity index (χ2v) is 6.83. The number of benzene rings is 2. The van der Waals surface area contributed by atoms with Crippen LogP contribution in [0, 0.1) is 13.8 Å². The molecule has 0 aromatic heterocycles. The van der Waals surface area contributed by atoms with Gasteiger partial charge in [-0.25, -0.2) is 4.99 Å². The maximum absolute atomic E-state index is 12.7. The van der Waals surface area contributed by atoms with E-state index in [9.17, 15) is 9.59 Å². The van der Waals surface area contributed by atoms with Crippen LogP contribution in [0.1, 0.15) is 54.7 Å². The number of nitrogens with zero attached hydrogens (tertiary/aromatic N) is 2. The minimum atomic E-state index is -0.404. The molecule has 0 saturated carbocycles. The monoisotopic (exact) mass is 675 g/mol. The van der Waals surface area contributed by atoms with Gasteiger partial charge in [0, 0.05) is 75.2 Å². The number of rotatable bonds is 3. The average molecular weight is 675 g/mol. The van der Waals surface area contributed by atoms with Crippen LogP contribution < -0.4 is 10.2 Å². The van der Waals surface area contributed by atoms with E-state index < -0.39 is 5.91 Å². The Morgan fingerprint density at radius 1 is 0.939 bits per heavy atom. The van der Waals surface area contributed by atoms with E-state index in [0.717, 1.165) is 28.1 Å². The predicted molar refractivity (Wildman–Crippen MR) is 160 cm³/mol. The number of allylic oxidation sites excluding steroid dienone is 1. The Balaban J connectivity index is 0.00000158. The zero-order valence-corrected chi connectivity index (χ0v) is 25.3. The Hall–Kier alpha value is -1.75. The van der Waals surface area contributed by atoms with Crippen LogP contribution >= 0.6 is 37.2 Å². The lowest BCUT2D eigenvalue weighted by Gasteiger charge is -2.19. The number of carbonyl (C=O) groups excluding carboxylic acids is 2. The van der Waals surface area contributed by atoms with Crippen molar-refractivity contribution in [2.24, 2.45) is 4.99 Å². The Kier molecular flexibility index (Phi) is 15.1. The Labute approximate surface area is 222 Å². The molecule has 0 radical (unpaired) electrons. The van der Waals surface area contributed by atoms with E-state index in [4.69, 9.17) is 4.99 Å². The van der Waals surface area contributed by atoms with Gasteiger partial charge < -0.3 is 10.2 Å². The molecule has 2 aromatic carbocycles. The fourth-order valence-electron chi connectivity index (χ4n) is 3.21. The summed E-state index contributed by atoms with van der Waals surface area (Å²) in [7, 11) is 5.52. The molecule has 1 aliphatic carbocycles. The molecule has 0 atom stereocenters. The molecule has 5 nitrogen and oxygen atoms in total. The van der Waals surface area contributed by atoms with Crippen molar-refractivity contribution in [2.45, 2.75) is 41.5 Å². The van der Waals surface area contributed by atoms with Crippen LogP contribution in [0.15, 0.2) is 53.0 Å². The van der Waals surface area contributed by atoms with Crippen molar-refractivity contribution in [3.63, 3.8) is 0 Å². The number of amides is 1. The van der Waals surface area contributed by atoms with Crippen molar-refractivity contribution in [1.29, 1.82) is 0 Å². The van der Waals surface area contributed by atoms with E-state index in [-0.39, 0.29) is 11.4 Å². The molecule has 1 N–H and O–H groups in total. The number of anilines is 1. The molecule has 7 heteroatoms. The van der Waals surface area contributed by atoms with Gasteiger partial charge in [-0.1, -0.05) is 52.0 Å². The minimum Gasteiger partial charge on any atom is -0.378 e. The number of aryl methyl sites for hydroxylation is 2. The molecular weight excluding hydrogens is 640 g/mol. The summed E-state index contributed by atoms with van der Waals surface area (Å²) < 4.78 is 0. The smallest absolute Gasteiger partial charge is 0.255 e. The molecule has 0 unspecified atom stereocenters. The van der Waals surface area contributed by atoms with Crippen LogP contribution in [-0.2, 0) is 4.79 Å². The van der Waals surface area contributed by atoms with Crippen molar-refractivity contribution < 1.29 is 9.59 Å². The van der Waals surface area contributed by atoms with Gasteiger partial charge in [-0.05, 0) is 43.2 Å². The van der Waals surface area contributed by atoms with Gasteiger partial charge in [-0.2, -0.15) is 0 Å². The molecule has 33 heavy (non-hydrogen) atoms. The van der Waals surface area contributed by atoms with Crippen molar-refractivity contribution in [2.75, 3.05) is 26.0 Å². The number of aliphatic imine (C=N–C) groups is 1. The molecule has 0 saturated heterocycles. The standard InChI is InChI=1S/C22H23N3O2.2C2H6.I2/c1-13-10-15(25(4)5)11-14(2)20(13)24-19-12-18(22(27)23-3)21(26)17-9-7-6-8-16(17)19;3*1-2/h6-12H,1-5H3,(H,23,27);2*1-2H3;. The van der Waals surface area contributed by atoms with Gasteiger partial charge in [0.2, 0.25) is 0 Å². The fraction of sp³-hybridized carbons (Fsp3) is 0.346. The number of hydrogen-bond donors (Lipinski definition) is 1. The average Bonchev–Trinajstić information content (AvgIpc) is 2.85. The van der Waals surface area contributed by atoms with Crippen LogP contribution in [0.3, 0.4) is 0 Å². The lowest BCUT2D eigenvalue weighted by molar-refractivity contribution is -0.116. The Morgan fingerprint density at radius 2 is 1.42 bits per heavy atom. The first kappa shape index (κ1) is 31.2. The number of nitrogens with one attached hydrogen (secondary N) is 1. The van der Waals surface area contributed by atoms with Gasteiger partial charge in [0.05, 0.1) is 17.0 Å².